The smallest absolute Gasteiger partial charge is 0.337 e. The number of aryl methyl sites for hydroxylation is 1. The van der Waals surface area contributed by atoms with E-state index in [-0.39, 0.29) is 16.1 Å². The third-order valence-electron chi connectivity index (χ3n) is 2.98. The molecule has 5 nitrogen and oxygen atoms in total. The first-order valence-corrected chi connectivity index (χ1v) is 7.79. The molecule has 0 bridgehead atoms. The monoisotopic (exact) mass is 323 g/mol. The number of hydrogen-bond acceptors (Lipinski definition) is 4. The zero-order valence-corrected chi connectivity index (χ0v) is 12.8. The van der Waals surface area contributed by atoms with Crippen molar-refractivity contribution in [3.8, 4) is 0 Å². The van der Waals surface area contributed by atoms with E-state index in [1.165, 1.54) is 43.5 Å². The highest BCUT2D eigenvalue weighted by atomic mass is 32.2. The van der Waals surface area contributed by atoms with Gasteiger partial charge in [0.2, 0.25) is 0 Å². The van der Waals surface area contributed by atoms with Crippen molar-refractivity contribution in [1.29, 1.82) is 0 Å². The molecule has 0 atom stereocenters. The van der Waals surface area contributed by atoms with Crippen LogP contribution in [0.2, 0.25) is 0 Å². The Morgan fingerprint density at radius 3 is 2.55 bits per heavy atom. The van der Waals surface area contributed by atoms with Crippen molar-refractivity contribution in [2.45, 2.75) is 11.8 Å². The Morgan fingerprint density at radius 1 is 1.18 bits per heavy atom. The molecule has 2 rings (SSSR count). The molecule has 2 aromatic rings. The fourth-order valence-electron chi connectivity index (χ4n) is 1.90. The van der Waals surface area contributed by atoms with E-state index < -0.39 is 21.8 Å². The van der Waals surface area contributed by atoms with Gasteiger partial charge in [-0.2, -0.15) is 0 Å². The van der Waals surface area contributed by atoms with Crippen LogP contribution in [0.1, 0.15) is 15.9 Å². The lowest BCUT2D eigenvalue weighted by Crippen LogP contribution is -2.15. The van der Waals surface area contributed by atoms with E-state index in [0.29, 0.717) is 5.56 Å². The van der Waals surface area contributed by atoms with E-state index in [9.17, 15) is 17.6 Å². The molecule has 2 aromatic carbocycles. The minimum absolute atomic E-state index is 0.0698. The number of halogens is 1. The van der Waals surface area contributed by atoms with Gasteiger partial charge in [0, 0.05) is 0 Å². The molecule has 0 fully saturated rings. The van der Waals surface area contributed by atoms with Gasteiger partial charge in [0.25, 0.3) is 10.0 Å². The number of carbonyl (C=O) groups excluding carboxylic acids is 1. The Labute approximate surface area is 127 Å². The number of benzene rings is 2. The predicted octanol–water partition coefficient (Wildman–Crippen LogP) is 2.72. The van der Waals surface area contributed by atoms with Gasteiger partial charge >= 0.3 is 5.97 Å². The van der Waals surface area contributed by atoms with Gasteiger partial charge in [-0.3, -0.25) is 4.72 Å². The molecule has 0 aromatic heterocycles. The second-order valence-electron chi connectivity index (χ2n) is 4.59. The molecule has 0 aliphatic heterocycles. The Kier molecular flexibility index (Phi) is 4.46. The summed E-state index contributed by atoms with van der Waals surface area (Å²) in [7, 11) is -2.74. The molecule has 1 N–H and O–H groups in total. The number of methoxy groups -OCH3 is 1. The standard InChI is InChI=1S/C15H14FNO4S/c1-10-6-7-11(15(18)21-2)8-14(10)22(19,20)17-13-5-3-4-12(16)9-13/h3-9,17H,1-2H3. The van der Waals surface area contributed by atoms with E-state index in [1.807, 2.05) is 0 Å². The van der Waals surface area contributed by atoms with Crippen molar-refractivity contribution in [2.24, 2.45) is 0 Å². The minimum atomic E-state index is -3.95. The molecule has 0 saturated carbocycles. The first-order chi connectivity index (χ1) is 10.3. The fourth-order valence-corrected chi connectivity index (χ4v) is 3.22. The van der Waals surface area contributed by atoms with Gasteiger partial charge in [-0.1, -0.05) is 12.1 Å². The molecule has 0 aliphatic rings. The van der Waals surface area contributed by atoms with E-state index in [4.69, 9.17) is 0 Å². The quantitative estimate of drug-likeness (QED) is 0.878. The highest BCUT2D eigenvalue weighted by Gasteiger charge is 2.19. The van der Waals surface area contributed by atoms with Gasteiger partial charge in [0.1, 0.15) is 5.82 Å². The van der Waals surface area contributed by atoms with Crippen molar-refractivity contribution >= 4 is 21.7 Å². The highest BCUT2D eigenvalue weighted by molar-refractivity contribution is 7.92. The highest BCUT2D eigenvalue weighted by Crippen LogP contribution is 2.21. The molecule has 0 saturated heterocycles. The summed E-state index contributed by atoms with van der Waals surface area (Å²) in [4.78, 5) is 11.5. The van der Waals surface area contributed by atoms with Crippen LogP contribution in [-0.2, 0) is 14.8 Å². The van der Waals surface area contributed by atoms with Crippen molar-refractivity contribution in [3.05, 3.63) is 59.4 Å². The normalized spacial score (nSPS) is 11.0. The Hall–Kier alpha value is -2.41. The summed E-state index contributed by atoms with van der Waals surface area (Å²) < 4.78 is 44.8. The van der Waals surface area contributed by atoms with Gasteiger partial charge in [0.15, 0.2) is 0 Å². The largest absolute Gasteiger partial charge is 0.465 e. The molecule has 116 valence electrons. The summed E-state index contributed by atoms with van der Waals surface area (Å²) in [5.74, 6) is -1.19. The molecular formula is C15H14FNO4S. The second kappa shape index (κ2) is 6.15. The third-order valence-corrected chi connectivity index (χ3v) is 4.50. The van der Waals surface area contributed by atoms with E-state index in [1.54, 1.807) is 6.92 Å². The van der Waals surface area contributed by atoms with Crippen molar-refractivity contribution in [3.63, 3.8) is 0 Å². The molecule has 0 spiro atoms. The number of sulfonamides is 1. The number of nitrogens with one attached hydrogen (secondary N) is 1. The average molecular weight is 323 g/mol. The number of anilines is 1. The molecular weight excluding hydrogens is 309 g/mol. The van der Waals surface area contributed by atoms with E-state index >= 15 is 0 Å². The van der Waals surface area contributed by atoms with Crippen LogP contribution in [0, 0.1) is 12.7 Å². The lowest BCUT2D eigenvalue weighted by atomic mass is 10.1. The van der Waals surface area contributed by atoms with Crippen LogP contribution in [0.15, 0.2) is 47.4 Å². The molecule has 0 unspecified atom stereocenters. The van der Waals surface area contributed by atoms with Gasteiger partial charge in [-0.05, 0) is 42.8 Å². The van der Waals surface area contributed by atoms with Crippen LogP contribution < -0.4 is 4.72 Å². The van der Waals surface area contributed by atoms with Crippen molar-refractivity contribution in [1.82, 2.24) is 0 Å². The van der Waals surface area contributed by atoms with Crippen molar-refractivity contribution < 1.29 is 22.3 Å². The first kappa shape index (κ1) is 16.0. The summed E-state index contributed by atoms with van der Waals surface area (Å²) in [5, 5.41) is 0. The summed E-state index contributed by atoms with van der Waals surface area (Å²) in [6, 6.07) is 9.31. The lowest BCUT2D eigenvalue weighted by Gasteiger charge is -2.11. The van der Waals surface area contributed by atoms with E-state index in [0.717, 1.165) is 6.07 Å². The van der Waals surface area contributed by atoms with Crippen LogP contribution in [0.25, 0.3) is 0 Å². The number of rotatable bonds is 4. The number of esters is 1. The number of ether oxygens (including phenoxy) is 1. The van der Waals surface area contributed by atoms with Gasteiger partial charge < -0.3 is 4.74 Å². The minimum Gasteiger partial charge on any atom is -0.465 e. The van der Waals surface area contributed by atoms with Gasteiger partial charge in [-0.25, -0.2) is 17.6 Å². The molecule has 0 aliphatic carbocycles. The Morgan fingerprint density at radius 2 is 1.91 bits per heavy atom. The summed E-state index contributed by atoms with van der Waals surface area (Å²) in [6.45, 7) is 1.60. The van der Waals surface area contributed by atoms with Crippen LogP contribution >= 0.6 is 0 Å². The maximum atomic E-state index is 13.1. The van der Waals surface area contributed by atoms with E-state index in [2.05, 4.69) is 9.46 Å². The Bertz CT molecular complexity index is 818. The lowest BCUT2D eigenvalue weighted by molar-refractivity contribution is 0.0600. The topological polar surface area (TPSA) is 72.5 Å². The summed E-state index contributed by atoms with van der Waals surface area (Å²) >= 11 is 0. The van der Waals surface area contributed by atoms with Crippen LogP contribution in [0.4, 0.5) is 10.1 Å². The zero-order chi connectivity index (χ0) is 16.3. The zero-order valence-electron chi connectivity index (χ0n) is 12.0. The molecule has 0 amide bonds. The summed E-state index contributed by atoms with van der Waals surface area (Å²) in [6.07, 6.45) is 0. The second-order valence-corrected chi connectivity index (χ2v) is 6.24. The fraction of sp³-hybridized carbons (Fsp3) is 0.133. The van der Waals surface area contributed by atoms with Gasteiger partial charge in [0.05, 0.1) is 23.3 Å². The molecule has 0 heterocycles. The summed E-state index contributed by atoms with van der Waals surface area (Å²) in [5.41, 5.74) is 0.673. The average Bonchev–Trinajstić information content (AvgIpc) is 2.46. The SMILES string of the molecule is COC(=O)c1ccc(C)c(S(=O)(=O)Nc2cccc(F)c2)c1. The molecule has 0 radical (unpaired) electrons. The predicted molar refractivity (Wildman–Crippen MR) is 79.7 cm³/mol. The van der Waals surface area contributed by atoms with Crippen molar-refractivity contribution in [2.75, 3.05) is 11.8 Å². The Balaban J connectivity index is 2.42. The molecule has 7 heteroatoms. The van der Waals surface area contributed by atoms with Crippen LogP contribution in [-0.4, -0.2) is 21.5 Å². The van der Waals surface area contributed by atoms with Crippen LogP contribution in [0.5, 0.6) is 0 Å². The third kappa shape index (κ3) is 3.43. The first-order valence-electron chi connectivity index (χ1n) is 6.31. The molecule has 22 heavy (non-hydrogen) atoms. The number of hydrogen-bond donors (Lipinski definition) is 1. The number of carbonyl (C=O) groups is 1. The maximum Gasteiger partial charge on any atom is 0.337 e. The van der Waals surface area contributed by atoms with Gasteiger partial charge in [-0.15, -0.1) is 0 Å². The van der Waals surface area contributed by atoms with Crippen LogP contribution in [0.3, 0.4) is 0 Å². The maximum absolute atomic E-state index is 13.1.